The Morgan fingerprint density at radius 1 is 1.35 bits per heavy atom. The summed E-state index contributed by atoms with van der Waals surface area (Å²) in [6, 6.07) is 9.94. The molecule has 20 heavy (non-hydrogen) atoms. The zero-order chi connectivity index (χ0) is 14.8. The predicted octanol–water partition coefficient (Wildman–Crippen LogP) is 1.24. The number of amides is 3. The molecule has 2 rings (SSSR count). The van der Waals surface area contributed by atoms with Crippen molar-refractivity contribution < 1.29 is 9.59 Å². The molecule has 0 unspecified atom stereocenters. The minimum Gasteiger partial charge on any atom is -0.319 e. The molecule has 1 atom stereocenters. The number of carbonyl (C=O) groups excluding carboxylic acids is 2. The highest BCUT2D eigenvalue weighted by Crippen LogP contribution is 2.29. The summed E-state index contributed by atoms with van der Waals surface area (Å²) >= 11 is 0. The van der Waals surface area contributed by atoms with Crippen molar-refractivity contribution in [1.82, 2.24) is 10.2 Å². The minimum absolute atomic E-state index is 0.0642. The zero-order valence-corrected chi connectivity index (χ0v) is 10.9. The monoisotopic (exact) mass is 268 g/mol. The summed E-state index contributed by atoms with van der Waals surface area (Å²) in [6.45, 7) is 1.66. The van der Waals surface area contributed by atoms with Crippen LogP contribution in [-0.2, 0) is 10.3 Å². The fourth-order valence-electron chi connectivity index (χ4n) is 2.16. The number of hydrogen-bond donors (Lipinski definition) is 1. The lowest BCUT2D eigenvalue weighted by molar-refractivity contribution is -0.131. The third-order valence-electron chi connectivity index (χ3n) is 3.29. The van der Waals surface area contributed by atoms with Gasteiger partial charge in [-0.25, -0.2) is 4.79 Å². The van der Waals surface area contributed by atoms with Gasteiger partial charge in [-0.05, 0) is 24.6 Å². The molecule has 1 N–H and O–H groups in total. The van der Waals surface area contributed by atoms with E-state index in [-0.39, 0.29) is 13.0 Å². The van der Waals surface area contributed by atoms with E-state index in [9.17, 15) is 9.59 Å². The van der Waals surface area contributed by atoms with Gasteiger partial charge in [0.1, 0.15) is 5.54 Å². The molecule has 0 spiro atoms. The van der Waals surface area contributed by atoms with Gasteiger partial charge in [-0.1, -0.05) is 12.1 Å². The quantitative estimate of drug-likeness (QED) is 0.834. The number of nitrogens with zero attached hydrogens (tertiary/aromatic N) is 3. The van der Waals surface area contributed by atoms with E-state index in [1.165, 1.54) is 0 Å². The van der Waals surface area contributed by atoms with Gasteiger partial charge in [0.15, 0.2) is 0 Å². The van der Waals surface area contributed by atoms with Crippen LogP contribution in [0.25, 0.3) is 0 Å². The van der Waals surface area contributed by atoms with Crippen molar-refractivity contribution in [3.05, 3.63) is 35.4 Å². The summed E-state index contributed by atoms with van der Waals surface area (Å²) in [5.41, 5.74) is -0.227. The van der Waals surface area contributed by atoms with Gasteiger partial charge >= 0.3 is 6.03 Å². The topological polar surface area (TPSA) is 97.0 Å². The van der Waals surface area contributed by atoms with Crippen LogP contribution in [0.1, 0.15) is 24.5 Å². The molecule has 0 aromatic heterocycles. The van der Waals surface area contributed by atoms with Crippen molar-refractivity contribution in [3.8, 4) is 12.1 Å². The van der Waals surface area contributed by atoms with Crippen LogP contribution in [0.3, 0.4) is 0 Å². The van der Waals surface area contributed by atoms with Crippen molar-refractivity contribution >= 4 is 11.9 Å². The number of nitrogens with one attached hydrogen (secondary N) is 1. The number of carbonyl (C=O) groups is 2. The summed E-state index contributed by atoms with van der Waals surface area (Å²) < 4.78 is 0. The molecule has 0 saturated carbocycles. The van der Waals surface area contributed by atoms with Gasteiger partial charge in [0.25, 0.3) is 5.91 Å². The maximum Gasteiger partial charge on any atom is 0.325 e. The summed E-state index contributed by atoms with van der Waals surface area (Å²) in [6.07, 6.45) is 0.0907. The van der Waals surface area contributed by atoms with Gasteiger partial charge in [0.2, 0.25) is 0 Å². The maximum absolute atomic E-state index is 12.4. The Morgan fingerprint density at radius 3 is 2.75 bits per heavy atom. The Hall–Kier alpha value is -2.86. The van der Waals surface area contributed by atoms with Crippen LogP contribution in [0.2, 0.25) is 0 Å². The number of nitriles is 2. The maximum atomic E-state index is 12.4. The average molecular weight is 268 g/mol. The smallest absolute Gasteiger partial charge is 0.319 e. The first-order valence-corrected chi connectivity index (χ1v) is 6.04. The van der Waals surface area contributed by atoms with E-state index in [2.05, 4.69) is 5.32 Å². The molecule has 1 heterocycles. The SMILES string of the molecule is C[C@@]1(c2cccc(C#N)c2)NC(=O)N(CCC#N)C1=O. The number of urea groups is 1. The van der Waals surface area contributed by atoms with E-state index >= 15 is 0 Å². The first-order valence-electron chi connectivity index (χ1n) is 6.04. The van der Waals surface area contributed by atoms with E-state index in [1.54, 1.807) is 31.2 Å². The van der Waals surface area contributed by atoms with Crippen LogP contribution in [0.5, 0.6) is 0 Å². The van der Waals surface area contributed by atoms with Crippen molar-refractivity contribution in [2.24, 2.45) is 0 Å². The molecule has 1 aliphatic rings. The summed E-state index contributed by atoms with van der Waals surface area (Å²) in [5.74, 6) is -0.409. The molecule has 1 saturated heterocycles. The molecule has 1 fully saturated rings. The third kappa shape index (κ3) is 2.08. The number of benzene rings is 1. The number of imide groups is 1. The van der Waals surface area contributed by atoms with Crippen molar-refractivity contribution in [3.63, 3.8) is 0 Å². The summed E-state index contributed by atoms with van der Waals surface area (Å²) in [5, 5.41) is 20.1. The molecule has 0 bridgehead atoms. The number of rotatable bonds is 3. The largest absolute Gasteiger partial charge is 0.325 e. The van der Waals surface area contributed by atoms with Crippen LogP contribution >= 0.6 is 0 Å². The van der Waals surface area contributed by atoms with Crippen LogP contribution in [-0.4, -0.2) is 23.4 Å². The lowest BCUT2D eigenvalue weighted by Gasteiger charge is -2.22. The molecule has 1 aromatic rings. The second-order valence-electron chi connectivity index (χ2n) is 4.61. The second-order valence-corrected chi connectivity index (χ2v) is 4.61. The summed E-state index contributed by atoms with van der Waals surface area (Å²) in [4.78, 5) is 25.3. The zero-order valence-electron chi connectivity index (χ0n) is 10.9. The minimum atomic E-state index is -1.20. The molecule has 3 amide bonds. The lowest BCUT2D eigenvalue weighted by atomic mass is 9.91. The molecular weight excluding hydrogens is 256 g/mol. The number of hydrogen-bond acceptors (Lipinski definition) is 4. The highest BCUT2D eigenvalue weighted by Gasteiger charge is 2.48. The Labute approximate surface area is 116 Å². The first kappa shape index (κ1) is 13.6. The van der Waals surface area contributed by atoms with Crippen molar-refractivity contribution in [1.29, 1.82) is 10.5 Å². The van der Waals surface area contributed by atoms with Gasteiger partial charge in [0.05, 0.1) is 24.1 Å². The molecule has 100 valence electrons. The van der Waals surface area contributed by atoms with Gasteiger partial charge in [0, 0.05) is 6.54 Å². The molecule has 6 heteroatoms. The Morgan fingerprint density at radius 2 is 2.10 bits per heavy atom. The van der Waals surface area contributed by atoms with Gasteiger partial charge in [-0.2, -0.15) is 10.5 Å². The first-order chi connectivity index (χ1) is 9.52. The van der Waals surface area contributed by atoms with Gasteiger partial charge in [-0.15, -0.1) is 0 Å². The van der Waals surface area contributed by atoms with E-state index in [0.29, 0.717) is 11.1 Å². The average Bonchev–Trinajstić information content (AvgIpc) is 2.68. The van der Waals surface area contributed by atoms with Crippen LogP contribution in [0.4, 0.5) is 4.79 Å². The standard InChI is InChI=1S/C14H12N4O2/c1-14(11-5-2-4-10(8-11)9-16)12(19)18(7-3-6-15)13(20)17-14/h2,4-5,8H,3,7H2,1H3,(H,17,20)/t14-/m0/s1. The predicted molar refractivity (Wildman–Crippen MR) is 69.0 cm³/mol. The Kier molecular flexibility index (Phi) is 3.41. The molecule has 1 aliphatic heterocycles. The molecule has 0 aliphatic carbocycles. The van der Waals surface area contributed by atoms with E-state index < -0.39 is 17.5 Å². The lowest BCUT2D eigenvalue weighted by Crippen LogP contribution is -2.41. The Bertz CT molecular complexity index is 656. The van der Waals surface area contributed by atoms with Gasteiger partial charge < -0.3 is 5.32 Å². The third-order valence-corrected chi connectivity index (χ3v) is 3.29. The van der Waals surface area contributed by atoms with Crippen LogP contribution in [0.15, 0.2) is 24.3 Å². The second kappa shape index (κ2) is 5.02. The highest BCUT2D eigenvalue weighted by molar-refractivity contribution is 6.07. The fraction of sp³-hybridized carbons (Fsp3) is 0.286. The van der Waals surface area contributed by atoms with Crippen molar-refractivity contribution in [2.45, 2.75) is 18.9 Å². The molecule has 0 radical (unpaired) electrons. The molecular formula is C14H12N4O2. The van der Waals surface area contributed by atoms with Crippen LogP contribution in [0, 0.1) is 22.7 Å². The molecule has 1 aromatic carbocycles. The normalized spacial score (nSPS) is 21.2. The molecule has 6 nitrogen and oxygen atoms in total. The van der Waals surface area contributed by atoms with E-state index in [4.69, 9.17) is 10.5 Å². The van der Waals surface area contributed by atoms with Crippen molar-refractivity contribution in [2.75, 3.05) is 6.54 Å². The highest BCUT2D eigenvalue weighted by atomic mass is 16.2. The van der Waals surface area contributed by atoms with Crippen LogP contribution < -0.4 is 5.32 Å². The van der Waals surface area contributed by atoms with Gasteiger partial charge in [-0.3, -0.25) is 9.69 Å². The summed E-state index contributed by atoms with van der Waals surface area (Å²) in [7, 11) is 0. The fourth-order valence-corrected chi connectivity index (χ4v) is 2.16. The van der Waals surface area contributed by atoms with E-state index in [0.717, 1.165) is 4.90 Å². The Balaban J connectivity index is 2.36. The van der Waals surface area contributed by atoms with E-state index in [1.807, 2.05) is 12.1 Å².